The third-order valence-electron chi connectivity index (χ3n) is 1.94. The summed E-state index contributed by atoms with van der Waals surface area (Å²) in [4.78, 5) is 38.9. The van der Waals surface area contributed by atoms with Crippen molar-refractivity contribution in [2.75, 3.05) is 5.32 Å². The van der Waals surface area contributed by atoms with Crippen LogP contribution in [0.25, 0.3) is 11.0 Å². The highest BCUT2D eigenvalue weighted by molar-refractivity contribution is 7.45. The number of anilines is 1. The van der Waals surface area contributed by atoms with Gasteiger partial charge in [0.05, 0.1) is 11.0 Å². The van der Waals surface area contributed by atoms with Gasteiger partial charge in [-0.2, -0.15) is 0 Å². The van der Waals surface area contributed by atoms with Crippen LogP contribution in [0.4, 0.5) is 10.7 Å². The highest BCUT2D eigenvalue weighted by Gasteiger charge is 2.05. The zero-order valence-electron chi connectivity index (χ0n) is 9.73. The Labute approximate surface area is 107 Å². The molecule has 0 aliphatic heterocycles. The third-order valence-corrected chi connectivity index (χ3v) is 1.94. The van der Waals surface area contributed by atoms with Crippen LogP contribution in [0.3, 0.4) is 0 Å². The molecule has 2 aromatic rings. The Morgan fingerprint density at radius 3 is 2.42 bits per heavy atom. The molecule has 6 N–H and O–H groups in total. The summed E-state index contributed by atoms with van der Waals surface area (Å²) in [6.45, 7) is 1.92. The van der Waals surface area contributed by atoms with Crippen molar-refractivity contribution in [2.24, 2.45) is 0 Å². The molecule has 19 heavy (non-hydrogen) atoms. The van der Waals surface area contributed by atoms with Gasteiger partial charge >= 0.3 is 13.9 Å². The van der Waals surface area contributed by atoms with Gasteiger partial charge in [0.25, 0.3) is 0 Å². The van der Waals surface area contributed by atoms with Gasteiger partial charge in [-0.15, -0.1) is 0 Å². The number of phosphoric acid groups is 1. The number of carboxylic acid groups (broad SMARTS) is 1. The van der Waals surface area contributed by atoms with Gasteiger partial charge in [0, 0.05) is 0 Å². The van der Waals surface area contributed by atoms with Crippen LogP contribution in [-0.2, 0) is 4.57 Å². The van der Waals surface area contributed by atoms with Gasteiger partial charge in [-0.25, -0.2) is 14.3 Å². The first-order chi connectivity index (χ1) is 8.66. The van der Waals surface area contributed by atoms with Gasteiger partial charge in [0.2, 0.25) is 5.95 Å². The molecule has 2 rings (SSSR count). The Morgan fingerprint density at radius 2 is 1.95 bits per heavy atom. The molecule has 1 aromatic carbocycles. The second kappa shape index (κ2) is 5.81. The van der Waals surface area contributed by atoms with E-state index >= 15 is 0 Å². The van der Waals surface area contributed by atoms with E-state index in [4.69, 9.17) is 24.4 Å². The molecule has 104 valence electrons. The maximum atomic E-state index is 10.4. The Kier molecular flexibility index (Phi) is 4.62. The minimum atomic E-state index is -4.64. The lowest BCUT2D eigenvalue weighted by molar-refractivity contribution is 0.209. The fraction of sp³-hybridized carbons (Fsp3) is 0.111. The zero-order valence-corrected chi connectivity index (χ0v) is 10.6. The Balaban J connectivity index is 0.000000312. The average Bonchev–Trinajstić information content (AvgIpc) is 2.57. The quantitative estimate of drug-likeness (QED) is 0.428. The molecular formula is C9H12N3O6P. The highest BCUT2D eigenvalue weighted by Crippen LogP contribution is 2.25. The number of hydrogen-bond acceptors (Lipinski definition) is 3. The number of fused-ring (bicyclic) bond motifs is 1. The number of nitrogens with zero attached hydrogens (tertiary/aromatic N) is 1. The molecule has 0 unspecified atom stereocenters. The van der Waals surface area contributed by atoms with E-state index < -0.39 is 13.9 Å². The monoisotopic (exact) mass is 289 g/mol. The summed E-state index contributed by atoms with van der Waals surface area (Å²) >= 11 is 0. The molecule has 0 saturated heterocycles. The maximum absolute atomic E-state index is 10.4. The maximum Gasteiger partial charge on any atom is 0.466 e. The van der Waals surface area contributed by atoms with Crippen molar-refractivity contribution in [2.45, 2.75) is 6.92 Å². The number of nitrogens with one attached hydrogen (secondary N) is 2. The van der Waals surface area contributed by atoms with E-state index in [0.717, 1.165) is 16.6 Å². The van der Waals surface area contributed by atoms with E-state index in [1.54, 1.807) is 0 Å². The number of hydrogen-bond donors (Lipinski definition) is 6. The average molecular weight is 289 g/mol. The van der Waals surface area contributed by atoms with Gasteiger partial charge in [-0.3, -0.25) is 5.32 Å². The smallest absolute Gasteiger partial charge is 0.465 e. The Morgan fingerprint density at radius 1 is 1.37 bits per heavy atom. The van der Waals surface area contributed by atoms with Crippen LogP contribution in [0.2, 0.25) is 0 Å². The number of carbonyl (C=O) groups is 1. The zero-order chi connectivity index (χ0) is 14.6. The molecule has 0 fully saturated rings. The van der Waals surface area contributed by atoms with Crippen LogP contribution < -0.4 is 5.32 Å². The number of H-pyrrole nitrogens is 1. The number of para-hydroxylation sites is 1. The lowest BCUT2D eigenvalue weighted by Gasteiger charge is -1.91. The third kappa shape index (κ3) is 5.49. The molecule has 1 aromatic heterocycles. The number of aromatic nitrogens is 2. The van der Waals surface area contributed by atoms with Crippen LogP contribution in [0.15, 0.2) is 18.2 Å². The largest absolute Gasteiger partial charge is 0.466 e. The van der Waals surface area contributed by atoms with Crippen molar-refractivity contribution < 1.29 is 29.1 Å². The van der Waals surface area contributed by atoms with E-state index in [2.05, 4.69) is 15.3 Å². The summed E-state index contributed by atoms with van der Waals surface area (Å²) in [6.07, 6.45) is -1.12. The predicted molar refractivity (Wildman–Crippen MR) is 66.7 cm³/mol. The molecular weight excluding hydrogens is 277 g/mol. The number of aromatic amines is 1. The van der Waals surface area contributed by atoms with Crippen LogP contribution in [-0.4, -0.2) is 35.8 Å². The van der Waals surface area contributed by atoms with Crippen molar-refractivity contribution in [3.63, 3.8) is 0 Å². The summed E-state index contributed by atoms with van der Waals surface area (Å²) in [5.41, 5.74) is 2.63. The number of aryl methyl sites for hydroxylation is 1. The van der Waals surface area contributed by atoms with Gasteiger partial charge in [-0.05, 0) is 18.6 Å². The number of amides is 1. The minimum absolute atomic E-state index is 0.252. The van der Waals surface area contributed by atoms with E-state index in [1.165, 1.54) is 0 Å². The molecule has 0 aliphatic carbocycles. The van der Waals surface area contributed by atoms with Gasteiger partial charge in [-0.1, -0.05) is 12.1 Å². The summed E-state index contributed by atoms with van der Waals surface area (Å²) in [7, 11) is -4.64. The Bertz CT molecular complexity index is 626. The molecule has 1 amide bonds. The summed E-state index contributed by atoms with van der Waals surface area (Å²) in [6, 6.07) is 5.66. The second-order valence-corrected chi connectivity index (χ2v) is 4.53. The van der Waals surface area contributed by atoms with Crippen LogP contribution >= 0.6 is 7.82 Å². The van der Waals surface area contributed by atoms with Crippen molar-refractivity contribution >= 4 is 30.9 Å². The van der Waals surface area contributed by atoms with Crippen molar-refractivity contribution in [3.05, 3.63) is 23.8 Å². The van der Waals surface area contributed by atoms with Gasteiger partial charge in [0.1, 0.15) is 0 Å². The van der Waals surface area contributed by atoms with Crippen molar-refractivity contribution in [1.29, 1.82) is 0 Å². The molecule has 9 nitrogen and oxygen atoms in total. The first-order valence-electron chi connectivity index (χ1n) is 4.90. The molecule has 10 heteroatoms. The molecule has 0 saturated carbocycles. The standard InChI is InChI=1S/C9H9N3O2.H3O4P/c1-5-3-2-4-6-7(5)11-8(10-6)12-9(13)14;1-5(2,3)4/h2-4H,1H3,(H,13,14)(H2,10,11,12);(H3,1,2,3,4). The normalized spacial score (nSPS) is 10.7. The molecule has 0 bridgehead atoms. The Hall–Kier alpha value is -1.93. The predicted octanol–water partition coefficient (Wildman–Crippen LogP) is 1.03. The highest BCUT2D eigenvalue weighted by atomic mass is 31.2. The first-order valence-corrected chi connectivity index (χ1v) is 6.47. The van der Waals surface area contributed by atoms with Crippen LogP contribution in [0, 0.1) is 6.92 Å². The summed E-state index contributed by atoms with van der Waals surface area (Å²) < 4.78 is 8.88. The second-order valence-electron chi connectivity index (χ2n) is 3.50. The van der Waals surface area contributed by atoms with Gasteiger partial charge < -0.3 is 24.8 Å². The number of benzene rings is 1. The number of imidazole rings is 1. The SMILES string of the molecule is Cc1cccc2[nH]c(NC(=O)O)nc12.O=P(O)(O)O. The van der Waals surface area contributed by atoms with E-state index in [0.29, 0.717) is 0 Å². The van der Waals surface area contributed by atoms with E-state index in [9.17, 15) is 4.79 Å². The fourth-order valence-electron chi connectivity index (χ4n) is 1.34. The molecule has 0 spiro atoms. The van der Waals surface area contributed by atoms with Crippen molar-refractivity contribution in [3.8, 4) is 0 Å². The number of rotatable bonds is 1. The van der Waals surface area contributed by atoms with E-state index in [-0.39, 0.29) is 5.95 Å². The molecule has 0 radical (unpaired) electrons. The van der Waals surface area contributed by atoms with E-state index in [1.807, 2.05) is 25.1 Å². The van der Waals surface area contributed by atoms with Crippen LogP contribution in [0.5, 0.6) is 0 Å². The summed E-state index contributed by atoms with van der Waals surface area (Å²) in [5, 5.41) is 10.7. The lowest BCUT2D eigenvalue weighted by atomic mass is 10.2. The van der Waals surface area contributed by atoms with Gasteiger partial charge in [0.15, 0.2) is 0 Å². The lowest BCUT2D eigenvalue weighted by Crippen LogP contribution is -2.08. The minimum Gasteiger partial charge on any atom is -0.465 e. The molecule has 0 atom stereocenters. The molecule has 0 aliphatic rings. The fourth-order valence-corrected chi connectivity index (χ4v) is 1.34. The van der Waals surface area contributed by atoms with Crippen molar-refractivity contribution in [1.82, 2.24) is 9.97 Å². The van der Waals surface area contributed by atoms with Crippen LogP contribution in [0.1, 0.15) is 5.56 Å². The topological polar surface area (TPSA) is 156 Å². The molecule has 1 heterocycles. The summed E-state index contributed by atoms with van der Waals surface area (Å²) in [5.74, 6) is 0.252. The first kappa shape index (κ1) is 15.1.